The highest BCUT2D eigenvalue weighted by molar-refractivity contribution is 7.99. The summed E-state index contributed by atoms with van der Waals surface area (Å²) in [5, 5.41) is 6.70. The summed E-state index contributed by atoms with van der Waals surface area (Å²) in [6.07, 6.45) is 0.571. The van der Waals surface area contributed by atoms with Crippen LogP contribution in [0.25, 0.3) is 0 Å². The van der Waals surface area contributed by atoms with Gasteiger partial charge in [-0.1, -0.05) is 47.6 Å². The van der Waals surface area contributed by atoms with Gasteiger partial charge in [0.15, 0.2) is 5.69 Å². The summed E-state index contributed by atoms with van der Waals surface area (Å²) >= 11 is 1.63. The molecule has 1 aliphatic heterocycles. The minimum atomic E-state index is -0.338. The Kier molecular flexibility index (Phi) is 5.67. The summed E-state index contributed by atoms with van der Waals surface area (Å²) < 4.78 is 5.29. The second-order valence-corrected chi connectivity index (χ2v) is 7.99. The van der Waals surface area contributed by atoms with Gasteiger partial charge in [-0.15, -0.1) is 11.8 Å². The van der Waals surface area contributed by atoms with E-state index in [2.05, 4.69) is 10.5 Å². The average molecular weight is 407 g/mol. The van der Waals surface area contributed by atoms with E-state index in [9.17, 15) is 9.59 Å². The van der Waals surface area contributed by atoms with Crippen LogP contribution in [-0.4, -0.2) is 36.3 Å². The number of aromatic nitrogens is 1. The largest absolute Gasteiger partial charge is 0.360 e. The average Bonchev–Trinajstić information content (AvgIpc) is 3.18. The zero-order valence-corrected chi connectivity index (χ0v) is 16.8. The molecular formula is C22H21N3O3S. The molecule has 6 nitrogen and oxygen atoms in total. The fourth-order valence-electron chi connectivity index (χ4n) is 3.26. The Morgan fingerprint density at radius 3 is 2.79 bits per heavy atom. The van der Waals surface area contributed by atoms with E-state index in [0.717, 1.165) is 16.1 Å². The summed E-state index contributed by atoms with van der Waals surface area (Å²) in [6.45, 7) is 0.254. The molecule has 0 radical (unpaired) electrons. The van der Waals surface area contributed by atoms with Gasteiger partial charge >= 0.3 is 0 Å². The first-order chi connectivity index (χ1) is 14.1. The van der Waals surface area contributed by atoms with Crippen LogP contribution < -0.4 is 10.2 Å². The highest BCUT2D eigenvalue weighted by Crippen LogP contribution is 2.34. The molecule has 148 valence electrons. The molecule has 2 amide bonds. The van der Waals surface area contributed by atoms with Crippen molar-refractivity contribution in [3.63, 3.8) is 0 Å². The van der Waals surface area contributed by atoms with Crippen molar-refractivity contribution in [2.45, 2.75) is 11.3 Å². The minimum Gasteiger partial charge on any atom is -0.360 e. The van der Waals surface area contributed by atoms with Gasteiger partial charge in [0.1, 0.15) is 5.76 Å². The number of hydrogen-bond acceptors (Lipinski definition) is 5. The normalized spacial score (nSPS) is 16.2. The molecule has 0 aliphatic carbocycles. The number of fused-ring (bicyclic) bond motifs is 1. The molecule has 2 heterocycles. The number of hydrogen-bond donors (Lipinski definition) is 1. The van der Waals surface area contributed by atoms with Gasteiger partial charge in [-0.25, -0.2) is 0 Å². The third-order valence-electron chi connectivity index (χ3n) is 4.87. The molecule has 0 saturated carbocycles. The zero-order chi connectivity index (χ0) is 20.2. The van der Waals surface area contributed by atoms with Gasteiger partial charge in [0.25, 0.3) is 5.91 Å². The Morgan fingerprint density at radius 1 is 1.21 bits per heavy atom. The molecule has 1 aromatic heterocycles. The second-order valence-electron chi connectivity index (χ2n) is 6.92. The molecule has 0 fully saturated rings. The Labute approximate surface area is 173 Å². The van der Waals surface area contributed by atoms with E-state index in [1.165, 1.54) is 0 Å². The third kappa shape index (κ3) is 4.35. The quantitative estimate of drug-likeness (QED) is 0.702. The van der Waals surface area contributed by atoms with Crippen LogP contribution in [0.15, 0.2) is 70.1 Å². The van der Waals surface area contributed by atoms with Crippen LogP contribution in [0.2, 0.25) is 0 Å². The second kappa shape index (κ2) is 8.53. The van der Waals surface area contributed by atoms with E-state index in [0.29, 0.717) is 17.9 Å². The lowest BCUT2D eigenvalue weighted by atomic mass is 10.1. The highest BCUT2D eigenvalue weighted by Gasteiger charge is 2.29. The van der Waals surface area contributed by atoms with Gasteiger partial charge < -0.3 is 14.7 Å². The van der Waals surface area contributed by atoms with E-state index in [-0.39, 0.29) is 30.0 Å². The molecule has 1 aliphatic rings. The first-order valence-corrected chi connectivity index (χ1v) is 10.4. The van der Waals surface area contributed by atoms with Gasteiger partial charge in [-0.2, -0.15) is 0 Å². The minimum absolute atomic E-state index is 0.00679. The number of amides is 2. The van der Waals surface area contributed by atoms with Crippen molar-refractivity contribution >= 4 is 29.3 Å². The van der Waals surface area contributed by atoms with Crippen LogP contribution in [0.3, 0.4) is 0 Å². The monoisotopic (exact) mass is 407 g/mol. The molecule has 2 aromatic carbocycles. The van der Waals surface area contributed by atoms with E-state index in [1.54, 1.807) is 29.8 Å². The lowest BCUT2D eigenvalue weighted by molar-refractivity contribution is -0.121. The molecule has 3 aromatic rings. The first-order valence-electron chi connectivity index (χ1n) is 9.39. The SMILES string of the molecule is CN1C(=O)C(CNC(=O)c2cc(Cc3ccccc3)on2)CSc2ccccc21. The standard InChI is InChI=1S/C22H21N3O3S/c1-25-19-9-5-6-10-20(19)29-14-16(22(25)27)13-23-21(26)18-12-17(28-24-18)11-15-7-3-2-4-8-15/h2-10,12,16H,11,13-14H2,1H3,(H,23,26). The molecule has 7 heteroatoms. The van der Waals surface area contributed by atoms with Crippen LogP contribution in [0, 0.1) is 5.92 Å². The predicted molar refractivity (Wildman–Crippen MR) is 112 cm³/mol. The molecule has 1 unspecified atom stereocenters. The fraction of sp³-hybridized carbons (Fsp3) is 0.227. The van der Waals surface area contributed by atoms with Crippen LogP contribution in [0.5, 0.6) is 0 Å². The molecular weight excluding hydrogens is 386 g/mol. The summed E-state index contributed by atoms with van der Waals surface area (Å²) in [5.41, 5.74) is 2.21. The fourth-order valence-corrected chi connectivity index (χ4v) is 4.43. The topological polar surface area (TPSA) is 75.4 Å². The number of carbonyl (C=O) groups is 2. The van der Waals surface area contributed by atoms with E-state index < -0.39 is 0 Å². The number of nitrogens with one attached hydrogen (secondary N) is 1. The number of rotatable bonds is 5. The summed E-state index contributed by atoms with van der Waals surface area (Å²) in [5.74, 6) is 0.580. The summed E-state index contributed by atoms with van der Waals surface area (Å²) in [7, 11) is 1.77. The van der Waals surface area contributed by atoms with Gasteiger partial charge in [0, 0.05) is 36.7 Å². The smallest absolute Gasteiger partial charge is 0.273 e. The Hall–Kier alpha value is -3.06. The van der Waals surface area contributed by atoms with Crippen LogP contribution in [-0.2, 0) is 11.2 Å². The van der Waals surface area contributed by atoms with E-state index >= 15 is 0 Å². The summed E-state index contributed by atoms with van der Waals surface area (Å²) in [6, 6.07) is 19.3. The van der Waals surface area contributed by atoms with Crippen molar-refractivity contribution in [2.75, 3.05) is 24.2 Å². The maximum absolute atomic E-state index is 12.8. The van der Waals surface area contributed by atoms with Crippen molar-refractivity contribution in [2.24, 2.45) is 5.92 Å². The number of carbonyl (C=O) groups excluding carboxylic acids is 2. The summed E-state index contributed by atoms with van der Waals surface area (Å²) in [4.78, 5) is 28.0. The third-order valence-corrected chi connectivity index (χ3v) is 6.09. The number of anilines is 1. The van der Waals surface area contributed by atoms with Crippen molar-refractivity contribution < 1.29 is 14.1 Å². The number of thioether (sulfide) groups is 1. The Morgan fingerprint density at radius 2 is 1.97 bits per heavy atom. The Bertz CT molecular complexity index is 1020. The van der Waals surface area contributed by atoms with Gasteiger partial charge in [0.05, 0.1) is 11.6 Å². The maximum atomic E-state index is 12.8. The lowest BCUT2D eigenvalue weighted by Crippen LogP contribution is -2.40. The van der Waals surface area contributed by atoms with Crippen molar-refractivity contribution in [1.82, 2.24) is 10.5 Å². The number of nitrogens with zero attached hydrogens (tertiary/aromatic N) is 2. The van der Waals surface area contributed by atoms with Crippen LogP contribution in [0.1, 0.15) is 21.8 Å². The molecule has 4 rings (SSSR count). The van der Waals surface area contributed by atoms with Gasteiger partial charge in [0.2, 0.25) is 5.91 Å². The van der Waals surface area contributed by atoms with Crippen molar-refractivity contribution in [3.05, 3.63) is 77.7 Å². The van der Waals surface area contributed by atoms with Gasteiger partial charge in [-0.05, 0) is 17.7 Å². The number of para-hydroxylation sites is 1. The first kappa shape index (κ1) is 19.3. The van der Waals surface area contributed by atoms with Crippen LogP contribution >= 0.6 is 11.8 Å². The molecule has 1 N–H and O–H groups in total. The van der Waals surface area contributed by atoms with Crippen molar-refractivity contribution in [3.8, 4) is 0 Å². The van der Waals surface area contributed by atoms with E-state index in [1.807, 2.05) is 54.6 Å². The Balaban J connectivity index is 1.37. The van der Waals surface area contributed by atoms with E-state index in [4.69, 9.17) is 4.52 Å². The maximum Gasteiger partial charge on any atom is 0.273 e. The predicted octanol–water partition coefficient (Wildman–Crippen LogP) is 3.38. The molecule has 0 bridgehead atoms. The molecule has 1 atom stereocenters. The highest BCUT2D eigenvalue weighted by atomic mass is 32.2. The van der Waals surface area contributed by atoms with Crippen molar-refractivity contribution in [1.29, 1.82) is 0 Å². The zero-order valence-electron chi connectivity index (χ0n) is 16.0. The molecule has 0 spiro atoms. The lowest BCUT2D eigenvalue weighted by Gasteiger charge is -2.20. The molecule has 29 heavy (non-hydrogen) atoms. The number of benzene rings is 2. The van der Waals surface area contributed by atoms with Gasteiger partial charge in [-0.3, -0.25) is 9.59 Å². The van der Waals surface area contributed by atoms with Crippen LogP contribution in [0.4, 0.5) is 5.69 Å². The molecule has 0 saturated heterocycles.